The molecule has 266 valence electrons. The van der Waals surface area contributed by atoms with Crippen molar-refractivity contribution in [1.29, 1.82) is 0 Å². The number of nitrogens with one attached hydrogen (secondary N) is 1. The molecule has 0 aromatic heterocycles. The Hall–Kier alpha value is -2.58. The molecule has 3 amide bonds. The van der Waals surface area contributed by atoms with E-state index in [0.717, 1.165) is 17.1 Å². The van der Waals surface area contributed by atoms with Crippen LogP contribution in [0.2, 0.25) is 0 Å². The van der Waals surface area contributed by atoms with Gasteiger partial charge in [-0.25, -0.2) is 0 Å². The lowest BCUT2D eigenvalue weighted by atomic mass is 10.4. The lowest BCUT2D eigenvalue weighted by Gasteiger charge is -2.13. The van der Waals surface area contributed by atoms with Crippen molar-refractivity contribution in [2.45, 2.75) is 0 Å². The van der Waals surface area contributed by atoms with Crippen LogP contribution < -0.4 is 5.32 Å². The summed E-state index contributed by atoms with van der Waals surface area (Å²) in [6, 6.07) is 0. The Morgan fingerprint density at radius 2 is 0.783 bits per heavy atom. The number of carbonyl (C=O) groups is 4. The van der Waals surface area contributed by atoms with Gasteiger partial charge in [-0.2, -0.15) is 0 Å². The van der Waals surface area contributed by atoms with E-state index >= 15 is 0 Å². The van der Waals surface area contributed by atoms with Gasteiger partial charge in [-0.05, 0) is 0 Å². The summed E-state index contributed by atoms with van der Waals surface area (Å²) in [6.07, 6.45) is 2.27. The van der Waals surface area contributed by atoms with Crippen LogP contribution in [0.3, 0.4) is 0 Å². The van der Waals surface area contributed by atoms with E-state index in [-0.39, 0.29) is 26.3 Å². The van der Waals surface area contributed by atoms with E-state index in [1.165, 1.54) is 0 Å². The summed E-state index contributed by atoms with van der Waals surface area (Å²) >= 11 is 0. The van der Waals surface area contributed by atoms with E-state index in [9.17, 15) is 19.2 Å². The molecule has 1 aliphatic rings. The van der Waals surface area contributed by atoms with Gasteiger partial charge in [-0.15, -0.1) is 0 Å². The minimum atomic E-state index is -0.494. The van der Waals surface area contributed by atoms with Crippen molar-refractivity contribution in [3.8, 4) is 0 Å². The third-order valence-electron chi connectivity index (χ3n) is 5.53. The van der Waals surface area contributed by atoms with Crippen LogP contribution in [0, 0.1) is 0 Å². The molecule has 0 saturated carbocycles. The summed E-state index contributed by atoms with van der Waals surface area (Å²) in [6.45, 7) is 9.31. The SMILES string of the molecule is O=COCCOCCOCCOCCOCCOCCOCCOCCOCCOCCOCCNC(=O)CN1C(=O)C=CC1=O. The zero-order valence-electron chi connectivity index (χ0n) is 26.6. The third kappa shape index (κ3) is 26.6. The number of hydrogen-bond acceptors (Lipinski definition) is 15. The number of ether oxygens (including phenoxy) is 11. The molecule has 17 heteroatoms. The maximum Gasteiger partial charge on any atom is 0.293 e. The molecule has 0 bridgehead atoms. The molecule has 0 spiro atoms. The average molecular weight is 667 g/mol. The zero-order chi connectivity index (χ0) is 33.2. The van der Waals surface area contributed by atoms with E-state index < -0.39 is 17.7 Å². The maximum absolute atomic E-state index is 11.7. The van der Waals surface area contributed by atoms with Crippen LogP contribution in [0.25, 0.3) is 0 Å². The van der Waals surface area contributed by atoms with Gasteiger partial charge in [0.25, 0.3) is 18.3 Å². The van der Waals surface area contributed by atoms with Crippen molar-refractivity contribution in [3.63, 3.8) is 0 Å². The minimum Gasteiger partial charge on any atom is -0.465 e. The molecule has 1 N–H and O–H groups in total. The van der Waals surface area contributed by atoms with Crippen LogP contribution in [0.1, 0.15) is 0 Å². The van der Waals surface area contributed by atoms with Gasteiger partial charge in [0.15, 0.2) is 0 Å². The Morgan fingerprint density at radius 3 is 1.09 bits per heavy atom. The Kier molecular flexibility index (Phi) is 29.2. The Labute approximate surface area is 269 Å². The zero-order valence-corrected chi connectivity index (χ0v) is 26.6. The summed E-state index contributed by atoms with van der Waals surface area (Å²) < 4.78 is 58.4. The Bertz CT molecular complexity index is 785. The highest BCUT2D eigenvalue weighted by Crippen LogP contribution is 2.02. The van der Waals surface area contributed by atoms with Crippen molar-refractivity contribution in [2.75, 3.05) is 152 Å². The highest BCUT2D eigenvalue weighted by molar-refractivity contribution is 6.14. The Morgan fingerprint density at radius 1 is 0.500 bits per heavy atom. The number of imide groups is 1. The predicted octanol–water partition coefficient (Wildman–Crippen LogP) is -1.63. The predicted molar refractivity (Wildman–Crippen MR) is 159 cm³/mol. The first-order valence-corrected chi connectivity index (χ1v) is 15.3. The highest BCUT2D eigenvalue weighted by atomic mass is 16.6. The van der Waals surface area contributed by atoms with Crippen molar-refractivity contribution in [3.05, 3.63) is 12.2 Å². The Balaban J connectivity index is 1.65. The van der Waals surface area contributed by atoms with Gasteiger partial charge in [0.1, 0.15) is 13.2 Å². The van der Waals surface area contributed by atoms with Crippen LogP contribution in [-0.2, 0) is 71.3 Å². The molecule has 1 aliphatic heterocycles. The second kappa shape index (κ2) is 32.4. The van der Waals surface area contributed by atoms with Crippen LogP contribution >= 0.6 is 0 Å². The van der Waals surface area contributed by atoms with Crippen molar-refractivity contribution in [1.82, 2.24) is 10.2 Å². The topological polar surface area (TPSA) is 185 Å². The number of amides is 3. The summed E-state index contributed by atoms with van der Waals surface area (Å²) in [7, 11) is 0. The molecule has 1 rings (SSSR count). The average Bonchev–Trinajstić information content (AvgIpc) is 3.37. The summed E-state index contributed by atoms with van der Waals surface area (Å²) in [5, 5.41) is 2.58. The van der Waals surface area contributed by atoms with Gasteiger partial charge in [-0.1, -0.05) is 0 Å². The molecule has 0 unspecified atom stereocenters. The molecule has 0 radical (unpaired) electrons. The van der Waals surface area contributed by atoms with E-state index in [1.54, 1.807) is 0 Å². The van der Waals surface area contributed by atoms with Crippen LogP contribution in [-0.4, -0.2) is 181 Å². The van der Waals surface area contributed by atoms with Crippen LogP contribution in [0.4, 0.5) is 0 Å². The molecule has 1 heterocycles. The van der Waals surface area contributed by atoms with Gasteiger partial charge in [-0.3, -0.25) is 24.1 Å². The van der Waals surface area contributed by atoms with Gasteiger partial charge in [0, 0.05) is 18.7 Å². The quantitative estimate of drug-likeness (QED) is 0.0456. The highest BCUT2D eigenvalue weighted by Gasteiger charge is 2.25. The minimum absolute atomic E-state index is 0.242. The molecule has 0 aromatic rings. The van der Waals surface area contributed by atoms with E-state index in [2.05, 4.69) is 10.1 Å². The van der Waals surface area contributed by atoms with Gasteiger partial charge < -0.3 is 57.4 Å². The van der Waals surface area contributed by atoms with Gasteiger partial charge in [0.2, 0.25) is 5.91 Å². The van der Waals surface area contributed by atoms with Crippen molar-refractivity contribution < 1.29 is 71.3 Å². The summed E-state index contributed by atoms with van der Waals surface area (Å²) in [5.41, 5.74) is 0. The molecule has 0 aliphatic carbocycles. The summed E-state index contributed by atoms with van der Waals surface area (Å²) in [5.74, 6) is -1.42. The lowest BCUT2D eigenvalue weighted by Crippen LogP contribution is -2.41. The number of hydrogen-bond donors (Lipinski definition) is 1. The smallest absolute Gasteiger partial charge is 0.293 e. The van der Waals surface area contributed by atoms with Crippen molar-refractivity contribution >= 4 is 24.2 Å². The second-order valence-electron chi connectivity index (χ2n) is 9.04. The fraction of sp³-hybridized carbons (Fsp3) is 0.793. The molecule has 46 heavy (non-hydrogen) atoms. The third-order valence-corrected chi connectivity index (χ3v) is 5.53. The normalized spacial score (nSPS) is 12.7. The second-order valence-corrected chi connectivity index (χ2v) is 9.04. The van der Waals surface area contributed by atoms with Crippen LogP contribution in [0.5, 0.6) is 0 Å². The first kappa shape index (κ1) is 41.4. The number of carbonyl (C=O) groups excluding carboxylic acids is 4. The monoisotopic (exact) mass is 666 g/mol. The maximum atomic E-state index is 11.7. The number of rotatable bonds is 36. The largest absolute Gasteiger partial charge is 0.465 e. The van der Waals surface area contributed by atoms with E-state index in [1.807, 2.05) is 0 Å². The first-order chi connectivity index (χ1) is 22.6. The van der Waals surface area contributed by atoms with Crippen LogP contribution in [0.15, 0.2) is 12.2 Å². The molecule has 17 nitrogen and oxygen atoms in total. The summed E-state index contributed by atoms with van der Waals surface area (Å²) in [4.78, 5) is 45.4. The lowest BCUT2D eigenvalue weighted by molar-refractivity contribution is -0.141. The first-order valence-electron chi connectivity index (χ1n) is 15.3. The van der Waals surface area contributed by atoms with Gasteiger partial charge in [0.05, 0.1) is 132 Å². The molecule has 0 aromatic carbocycles. The molecule has 0 fully saturated rings. The number of nitrogens with zero attached hydrogens (tertiary/aromatic N) is 1. The molecule has 0 atom stereocenters. The van der Waals surface area contributed by atoms with E-state index in [0.29, 0.717) is 132 Å². The van der Waals surface area contributed by atoms with Crippen molar-refractivity contribution in [2.24, 2.45) is 0 Å². The molecular formula is C29H50N2O15. The van der Waals surface area contributed by atoms with Gasteiger partial charge >= 0.3 is 0 Å². The molecular weight excluding hydrogens is 616 g/mol. The van der Waals surface area contributed by atoms with E-state index in [4.69, 9.17) is 47.4 Å². The molecule has 0 saturated heterocycles. The standard InChI is InChI=1S/C29H50N2O15/c32-26-46-24-23-45-22-21-44-20-19-43-18-17-42-16-15-41-14-13-40-12-11-39-10-9-38-8-7-37-6-5-36-4-3-30-27(33)25-31-28(34)1-2-29(31)35/h1-2,26H,3-25H2,(H,30,33). The fourth-order valence-corrected chi connectivity index (χ4v) is 3.29. The fourth-order valence-electron chi connectivity index (χ4n) is 3.29.